The van der Waals surface area contributed by atoms with Crippen molar-refractivity contribution >= 4 is 40.5 Å². The number of carbonyl (C=O) groups excluding carboxylic acids is 2. The fourth-order valence-electron chi connectivity index (χ4n) is 3.06. The van der Waals surface area contributed by atoms with Crippen LogP contribution < -0.4 is 10.2 Å². The van der Waals surface area contributed by atoms with Crippen LogP contribution in [0.15, 0.2) is 60.0 Å². The molecular formula is C19H18N4O2S. The lowest BCUT2D eigenvalue weighted by Gasteiger charge is -2.19. The van der Waals surface area contributed by atoms with Crippen LogP contribution in [-0.2, 0) is 9.59 Å². The van der Waals surface area contributed by atoms with Gasteiger partial charge in [-0.05, 0) is 30.7 Å². The molecule has 2 amide bonds. The molecule has 26 heavy (non-hydrogen) atoms. The number of pyridine rings is 1. The van der Waals surface area contributed by atoms with Crippen LogP contribution in [0.5, 0.6) is 0 Å². The Kier molecular flexibility index (Phi) is 4.62. The normalized spacial score (nSPS) is 14.2. The third-order valence-corrected chi connectivity index (χ3v) is 5.25. The lowest BCUT2D eigenvalue weighted by molar-refractivity contribution is -0.117. The molecule has 0 aliphatic carbocycles. The van der Waals surface area contributed by atoms with E-state index in [1.807, 2.05) is 53.1 Å². The average Bonchev–Trinajstić information content (AvgIpc) is 3.27. The number of hydrogen-bond acceptors (Lipinski definition) is 4. The van der Waals surface area contributed by atoms with Crippen LogP contribution in [0.3, 0.4) is 0 Å². The summed E-state index contributed by atoms with van der Waals surface area (Å²) in [7, 11) is 0. The molecule has 0 atom stereocenters. The van der Waals surface area contributed by atoms with Gasteiger partial charge in [0.05, 0.1) is 28.8 Å². The van der Waals surface area contributed by atoms with E-state index >= 15 is 0 Å². The Morgan fingerprint density at radius 3 is 2.88 bits per heavy atom. The zero-order valence-corrected chi connectivity index (χ0v) is 14.9. The first kappa shape index (κ1) is 16.7. The Bertz CT molecular complexity index is 969. The van der Waals surface area contributed by atoms with E-state index in [1.165, 1.54) is 11.8 Å². The summed E-state index contributed by atoms with van der Waals surface area (Å²) < 4.78 is 1.95. The number of amides is 2. The van der Waals surface area contributed by atoms with E-state index in [0.29, 0.717) is 18.7 Å². The molecule has 0 unspecified atom stereocenters. The van der Waals surface area contributed by atoms with Crippen LogP contribution in [-0.4, -0.2) is 33.5 Å². The molecule has 0 spiro atoms. The molecule has 0 radical (unpaired) electrons. The van der Waals surface area contributed by atoms with Crippen molar-refractivity contribution in [2.45, 2.75) is 18.0 Å². The molecule has 4 rings (SSSR count). The van der Waals surface area contributed by atoms with Crippen molar-refractivity contribution in [1.29, 1.82) is 0 Å². The van der Waals surface area contributed by atoms with E-state index in [9.17, 15) is 9.59 Å². The van der Waals surface area contributed by atoms with E-state index in [1.54, 1.807) is 11.1 Å². The Hall–Kier alpha value is -2.80. The van der Waals surface area contributed by atoms with Crippen LogP contribution in [0.25, 0.3) is 5.52 Å². The average molecular weight is 366 g/mol. The first-order valence-corrected chi connectivity index (χ1v) is 9.45. The molecule has 6 nitrogen and oxygen atoms in total. The molecule has 132 valence electrons. The topological polar surface area (TPSA) is 66.7 Å². The van der Waals surface area contributed by atoms with Crippen LogP contribution in [0.4, 0.5) is 11.4 Å². The van der Waals surface area contributed by atoms with E-state index in [4.69, 9.17) is 0 Å². The molecule has 0 saturated carbocycles. The highest BCUT2D eigenvalue weighted by Gasteiger charge is 2.24. The van der Waals surface area contributed by atoms with Gasteiger partial charge in [-0.25, -0.2) is 4.98 Å². The summed E-state index contributed by atoms with van der Waals surface area (Å²) in [4.78, 5) is 30.5. The zero-order chi connectivity index (χ0) is 17.9. The number of rotatable bonds is 5. The van der Waals surface area contributed by atoms with E-state index < -0.39 is 0 Å². The number of benzene rings is 1. The smallest absolute Gasteiger partial charge is 0.234 e. The number of fused-ring (bicyclic) bond motifs is 1. The second-order valence-electron chi connectivity index (χ2n) is 6.04. The van der Waals surface area contributed by atoms with Crippen molar-refractivity contribution in [3.63, 3.8) is 0 Å². The van der Waals surface area contributed by atoms with Gasteiger partial charge in [-0.2, -0.15) is 0 Å². The minimum atomic E-state index is -0.123. The number of para-hydroxylation sites is 2. The molecule has 3 aromatic rings. The highest BCUT2D eigenvalue weighted by atomic mass is 32.2. The van der Waals surface area contributed by atoms with Gasteiger partial charge in [-0.1, -0.05) is 30.0 Å². The Morgan fingerprint density at radius 2 is 2.04 bits per heavy atom. The fraction of sp³-hybridized carbons (Fsp3) is 0.211. The van der Waals surface area contributed by atoms with Gasteiger partial charge in [0.1, 0.15) is 0 Å². The molecule has 7 heteroatoms. The van der Waals surface area contributed by atoms with Crippen molar-refractivity contribution in [2.75, 3.05) is 22.5 Å². The molecule has 1 aliphatic rings. The first-order valence-electron chi connectivity index (χ1n) is 8.46. The maximum absolute atomic E-state index is 12.4. The zero-order valence-electron chi connectivity index (χ0n) is 14.1. The first-order chi connectivity index (χ1) is 12.7. The largest absolute Gasteiger partial charge is 0.324 e. The molecule has 1 fully saturated rings. The number of anilines is 2. The third-order valence-electron chi connectivity index (χ3n) is 4.28. The van der Waals surface area contributed by atoms with E-state index in [-0.39, 0.29) is 17.6 Å². The maximum Gasteiger partial charge on any atom is 0.234 e. The number of thioether (sulfide) groups is 1. The molecule has 1 saturated heterocycles. The molecule has 2 aromatic heterocycles. The predicted octanol–water partition coefficient (Wildman–Crippen LogP) is 3.19. The van der Waals surface area contributed by atoms with Gasteiger partial charge < -0.3 is 10.2 Å². The van der Waals surface area contributed by atoms with Gasteiger partial charge in [0, 0.05) is 19.2 Å². The quantitative estimate of drug-likeness (QED) is 0.704. The monoisotopic (exact) mass is 366 g/mol. The van der Waals surface area contributed by atoms with Crippen molar-refractivity contribution in [3.8, 4) is 0 Å². The second-order valence-corrected chi connectivity index (χ2v) is 6.98. The SMILES string of the molecule is O=C(CSc1ncc2ccccn12)Nc1ccccc1N1CCCC1=O. The Labute approximate surface area is 155 Å². The second kappa shape index (κ2) is 7.21. The number of imidazole rings is 1. The molecule has 1 aliphatic heterocycles. The number of carbonyl (C=O) groups is 2. The van der Waals surface area contributed by atoms with Crippen molar-refractivity contribution in [1.82, 2.24) is 9.38 Å². The summed E-state index contributed by atoms with van der Waals surface area (Å²) in [5, 5.41) is 3.70. The molecule has 3 heterocycles. The molecule has 1 N–H and O–H groups in total. The van der Waals surface area contributed by atoms with Gasteiger partial charge in [-0.3, -0.25) is 14.0 Å². The third kappa shape index (κ3) is 3.30. The van der Waals surface area contributed by atoms with Gasteiger partial charge in [0.15, 0.2) is 5.16 Å². The summed E-state index contributed by atoms with van der Waals surface area (Å²) >= 11 is 1.38. The Balaban J connectivity index is 1.45. The number of hydrogen-bond donors (Lipinski definition) is 1. The molecular weight excluding hydrogens is 348 g/mol. The van der Waals surface area contributed by atoms with Crippen LogP contribution >= 0.6 is 11.8 Å². The molecule has 0 bridgehead atoms. The summed E-state index contributed by atoms with van der Waals surface area (Å²) in [5.74, 6) is 0.225. The van der Waals surface area contributed by atoms with Gasteiger partial charge >= 0.3 is 0 Å². The number of nitrogens with one attached hydrogen (secondary N) is 1. The number of aromatic nitrogens is 2. The van der Waals surface area contributed by atoms with Crippen LogP contribution in [0.1, 0.15) is 12.8 Å². The summed E-state index contributed by atoms with van der Waals surface area (Å²) in [6.45, 7) is 0.695. The Morgan fingerprint density at radius 1 is 1.19 bits per heavy atom. The highest BCUT2D eigenvalue weighted by Crippen LogP contribution is 2.29. The van der Waals surface area contributed by atoms with E-state index in [0.717, 1.165) is 22.8 Å². The van der Waals surface area contributed by atoms with Gasteiger partial charge in [0.2, 0.25) is 11.8 Å². The maximum atomic E-state index is 12.4. The number of nitrogens with zero attached hydrogens (tertiary/aromatic N) is 3. The fourth-order valence-corrected chi connectivity index (χ4v) is 3.82. The van der Waals surface area contributed by atoms with Crippen molar-refractivity contribution in [2.24, 2.45) is 0 Å². The van der Waals surface area contributed by atoms with Gasteiger partial charge in [0.25, 0.3) is 0 Å². The summed E-state index contributed by atoms with van der Waals surface area (Å²) in [6, 6.07) is 13.3. The standard InChI is InChI=1S/C19H18N4O2S/c24-17(13-26-19-20-12-14-6-3-4-10-22(14)19)21-15-7-1-2-8-16(15)23-11-5-9-18(23)25/h1-4,6-8,10,12H,5,9,11,13H2,(H,21,24). The van der Waals surface area contributed by atoms with Crippen LogP contribution in [0.2, 0.25) is 0 Å². The van der Waals surface area contributed by atoms with Crippen molar-refractivity contribution < 1.29 is 9.59 Å². The minimum absolute atomic E-state index is 0.102. The molecule has 1 aromatic carbocycles. The lowest BCUT2D eigenvalue weighted by atomic mass is 10.2. The lowest BCUT2D eigenvalue weighted by Crippen LogP contribution is -2.26. The van der Waals surface area contributed by atoms with Crippen LogP contribution in [0, 0.1) is 0 Å². The minimum Gasteiger partial charge on any atom is -0.324 e. The summed E-state index contributed by atoms with van der Waals surface area (Å²) in [5.41, 5.74) is 2.43. The predicted molar refractivity (Wildman–Crippen MR) is 103 cm³/mol. The summed E-state index contributed by atoms with van der Waals surface area (Å²) in [6.07, 6.45) is 5.13. The van der Waals surface area contributed by atoms with Gasteiger partial charge in [-0.15, -0.1) is 0 Å². The van der Waals surface area contributed by atoms with Crippen molar-refractivity contribution in [3.05, 3.63) is 54.9 Å². The van der Waals surface area contributed by atoms with E-state index in [2.05, 4.69) is 10.3 Å². The highest BCUT2D eigenvalue weighted by molar-refractivity contribution is 7.99.